The van der Waals surface area contributed by atoms with Gasteiger partial charge in [0.05, 0.1) is 16.2 Å². The Morgan fingerprint density at radius 3 is 2.39 bits per heavy atom. The number of hydrogen-bond acceptors (Lipinski definition) is 6. The Hall–Kier alpha value is -2.79. The maximum Gasteiger partial charge on any atom is 0.317 e. The highest BCUT2D eigenvalue weighted by molar-refractivity contribution is 8.06. The molecule has 0 bridgehead atoms. The first-order valence-corrected chi connectivity index (χ1v) is 10.7. The highest BCUT2D eigenvalue weighted by Crippen LogP contribution is 2.33. The quantitative estimate of drug-likeness (QED) is 0.574. The van der Waals surface area contributed by atoms with Gasteiger partial charge in [0.2, 0.25) is 0 Å². The monoisotopic (exact) mass is 410 g/mol. The average molecular weight is 411 g/mol. The molecule has 1 N–H and O–H groups in total. The number of hydrogen-bond donors (Lipinski definition) is 1. The lowest BCUT2D eigenvalue weighted by Gasteiger charge is -2.13. The first-order valence-electron chi connectivity index (χ1n) is 8.42. The van der Waals surface area contributed by atoms with Crippen LogP contribution in [0.3, 0.4) is 0 Å². The van der Waals surface area contributed by atoms with Gasteiger partial charge in [-0.1, -0.05) is 53.7 Å². The van der Waals surface area contributed by atoms with Crippen LogP contribution in [0.15, 0.2) is 81.6 Å². The highest BCUT2D eigenvalue weighted by atomic mass is 32.2. The van der Waals surface area contributed by atoms with Crippen molar-refractivity contribution in [1.82, 2.24) is 5.48 Å². The number of benzene rings is 2. The van der Waals surface area contributed by atoms with Crippen LogP contribution in [0.25, 0.3) is 5.57 Å². The van der Waals surface area contributed by atoms with Gasteiger partial charge in [-0.15, -0.1) is 4.28 Å². The zero-order valence-corrected chi connectivity index (χ0v) is 17.0. The van der Waals surface area contributed by atoms with Gasteiger partial charge < -0.3 is 0 Å². The van der Waals surface area contributed by atoms with Crippen LogP contribution in [-0.2, 0) is 14.4 Å². The summed E-state index contributed by atoms with van der Waals surface area (Å²) in [5, 5.41) is 11.3. The van der Waals surface area contributed by atoms with E-state index in [1.165, 1.54) is 23.9 Å². The number of nitrogens with one attached hydrogen (secondary N) is 1. The van der Waals surface area contributed by atoms with Crippen molar-refractivity contribution in [1.29, 1.82) is 5.26 Å². The Bertz CT molecular complexity index is 1120. The number of thioether (sulfide) groups is 1. The van der Waals surface area contributed by atoms with E-state index < -0.39 is 10.1 Å². The minimum atomic E-state index is -3.92. The molecule has 0 radical (unpaired) electrons. The zero-order chi connectivity index (χ0) is 20.1. The van der Waals surface area contributed by atoms with Crippen molar-refractivity contribution in [2.45, 2.75) is 18.7 Å². The maximum absolute atomic E-state index is 12.2. The third kappa shape index (κ3) is 4.54. The van der Waals surface area contributed by atoms with Crippen LogP contribution in [0, 0.1) is 25.2 Å². The molecule has 0 fully saturated rings. The Balaban J connectivity index is 1.72. The summed E-state index contributed by atoms with van der Waals surface area (Å²) in [4.78, 5) is 0.856. The van der Waals surface area contributed by atoms with Crippen molar-refractivity contribution in [3.63, 3.8) is 0 Å². The van der Waals surface area contributed by atoms with E-state index >= 15 is 0 Å². The van der Waals surface area contributed by atoms with Crippen LogP contribution in [0.2, 0.25) is 0 Å². The van der Waals surface area contributed by atoms with Gasteiger partial charge in [0.25, 0.3) is 0 Å². The summed E-state index contributed by atoms with van der Waals surface area (Å²) in [6.45, 7) is 3.83. The number of nitrogens with zero attached hydrogens (tertiary/aromatic N) is 1. The fourth-order valence-electron chi connectivity index (χ4n) is 2.53. The summed E-state index contributed by atoms with van der Waals surface area (Å²) in [5.41, 5.74) is 6.36. The molecule has 0 saturated heterocycles. The van der Waals surface area contributed by atoms with Gasteiger partial charge >= 0.3 is 10.1 Å². The normalized spacial score (nSPS) is 15.5. The molecule has 0 atom stereocenters. The van der Waals surface area contributed by atoms with E-state index in [9.17, 15) is 13.7 Å². The van der Waals surface area contributed by atoms with Crippen molar-refractivity contribution in [3.05, 3.63) is 93.4 Å². The summed E-state index contributed by atoms with van der Waals surface area (Å²) in [6, 6.07) is 16.3. The van der Waals surface area contributed by atoms with Crippen molar-refractivity contribution >= 4 is 27.5 Å². The van der Waals surface area contributed by atoms with Crippen molar-refractivity contribution in [2.75, 3.05) is 0 Å². The van der Waals surface area contributed by atoms with Gasteiger partial charge in [-0.25, -0.2) is 5.48 Å². The Kier molecular flexibility index (Phi) is 6.05. The van der Waals surface area contributed by atoms with E-state index in [-0.39, 0.29) is 4.90 Å². The molecular formula is C21H18N2O3S2. The van der Waals surface area contributed by atoms with E-state index in [1.807, 2.05) is 38.1 Å². The van der Waals surface area contributed by atoms with E-state index in [0.29, 0.717) is 11.3 Å². The van der Waals surface area contributed by atoms with Crippen LogP contribution >= 0.6 is 11.8 Å². The highest BCUT2D eigenvalue weighted by Gasteiger charge is 2.17. The SMILES string of the molecule is Cc1ccc(S(=O)(=O)ONC2=CSC(=C(C#N)c3ccccc3C)C=C2)cc1. The van der Waals surface area contributed by atoms with Gasteiger partial charge in [-0.2, -0.15) is 13.7 Å². The van der Waals surface area contributed by atoms with E-state index in [0.717, 1.165) is 21.6 Å². The molecule has 3 rings (SSSR count). The summed E-state index contributed by atoms with van der Waals surface area (Å²) in [6.07, 6.45) is 3.44. The number of nitriles is 1. The van der Waals surface area contributed by atoms with Crippen LogP contribution in [0.4, 0.5) is 0 Å². The summed E-state index contributed by atoms with van der Waals surface area (Å²) in [5.74, 6) is 0. The molecule has 0 spiro atoms. The van der Waals surface area contributed by atoms with Gasteiger partial charge in [-0.3, -0.25) is 0 Å². The van der Waals surface area contributed by atoms with Crippen LogP contribution in [0.1, 0.15) is 16.7 Å². The summed E-state index contributed by atoms with van der Waals surface area (Å²) in [7, 11) is -3.92. The number of hydroxylamine groups is 1. The van der Waals surface area contributed by atoms with Crippen LogP contribution < -0.4 is 5.48 Å². The Morgan fingerprint density at radius 2 is 1.79 bits per heavy atom. The van der Waals surface area contributed by atoms with Crippen molar-refractivity contribution < 1.29 is 12.7 Å². The largest absolute Gasteiger partial charge is 0.317 e. The van der Waals surface area contributed by atoms with Crippen molar-refractivity contribution in [3.8, 4) is 6.07 Å². The van der Waals surface area contributed by atoms with Gasteiger partial charge in [0.1, 0.15) is 6.07 Å². The lowest BCUT2D eigenvalue weighted by molar-refractivity contribution is 0.241. The predicted octanol–water partition coefficient (Wildman–Crippen LogP) is 4.59. The fourth-order valence-corrected chi connectivity index (χ4v) is 4.10. The third-order valence-electron chi connectivity index (χ3n) is 4.08. The molecule has 1 aliphatic rings. The minimum absolute atomic E-state index is 0.0746. The zero-order valence-electron chi connectivity index (χ0n) is 15.3. The topological polar surface area (TPSA) is 79.2 Å². The van der Waals surface area contributed by atoms with E-state index in [2.05, 4.69) is 11.5 Å². The lowest BCUT2D eigenvalue weighted by Crippen LogP contribution is -2.19. The van der Waals surface area contributed by atoms with Gasteiger partial charge in [-0.05, 0) is 49.3 Å². The maximum atomic E-state index is 12.2. The molecule has 7 heteroatoms. The molecule has 0 unspecified atom stereocenters. The molecule has 5 nitrogen and oxygen atoms in total. The molecule has 1 aliphatic heterocycles. The molecule has 2 aromatic rings. The molecule has 28 heavy (non-hydrogen) atoms. The summed E-state index contributed by atoms with van der Waals surface area (Å²) < 4.78 is 29.4. The van der Waals surface area contributed by atoms with Gasteiger partial charge in [0.15, 0.2) is 0 Å². The number of aryl methyl sites for hydroxylation is 2. The second-order valence-corrected chi connectivity index (χ2v) is 8.60. The van der Waals surface area contributed by atoms with Crippen molar-refractivity contribution in [2.24, 2.45) is 0 Å². The molecule has 0 saturated carbocycles. The molecule has 0 aromatic heterocycles. The fraction of sp³-hybridized carbons (Fsp3) is 0.0952. The predicted molar refractivity (Wildman–Crippen MR) is 111 cm³/mol. The molecule has 2 aromatic carbocycles. The Labute approximate surface area is 169 Å². The molecule has 0 aliphatic carbocycles. The standard InChI is InChI=1S/C21H18N2O3S2/c1-15-7-10-18(11-8-15)28(24,25)26-23-17-9-12-21(27-14-17)20(13-22)19-6-4-3-5-16(19)2/h3-12,14,23H,1-2H3. The Morgan fingerprint density at radius 1 is 1.07 bits per heavy atom. The average Bonchev–Trinajstić information content (AvgIpc) is 2.70. The molecule has 142 valence electrons. The second-order valence-electron chi connectivity index (χ2n) is 6.14. The molecule has 0 amide bonds. The van der Waals surface area contributed by atoms with Crippen LogP contribution in [-0.4, -0.2) is 8.42 Å². The third-order valence-corrected chi connectivity index (χ3v) is 6.20. The second kappa shape index (κ2) is 8.48. The first kappa shape index (κ1) is 20.0. The number of rotatable bonds is 5. The molecule has 1 heterocycles. The number of allylic oxidation sites excluding steroid dienone is 3. The minimum Gasteiger partial charge on any atom is -0.249 e. The van der Waals surface area contributed by atoms with E-state index in [1.54, 1.807) is 29.7 Å². The lowest BCUT2D eigenvalue weighted by atomic mass is 10.0. The van der Waals surface area contributed by atoms with Gasteiger partial charge in [0, 0.05) is 10.3 Å². The summed E-state index contributed by atoms with van der Waals surface area (Å²) >= 11 is 1.33. The molecular weight excluding hydrogens is 392 g/mol. The first-order chi connectivity index (χ1) is 13.4. The van der Waals surface area contributed by atoms with Crippen LogP contribution in [0.5, 0.6) is 0 Å². The smallest absolute Gasteiger partial charge is 0.249 e. The van der Waals surface area contributed by atoms with E-state index in [4.69, 9.17) is 4.28 Å².